The second kappa shape index (κ2) is 9.78. The lowest BCUT2D eigenvalue weighted by Crippen LogP contribution is -2.28. The molecule has 0 spiro atoms. The molecule has 2 aromatic carbocycles. The first-order chi connectivity index (χ1) is 13.7. The van der Waals surface area contributed by atoms with E-state index in [-0.39, 0.29) is 11.8 Å². The van der Waals surface area contributed by atoms with Gasteiger partial charge in [-0.2, -0.15) is 0 Å². The molecular weight excluding hydrogens is 356 g/mol. The number of unbranched alkanes of at least 4 members (excludes halogenated alkanes) is 1. The van der Waals surface area contributed by atoms with Gasteiger partial charge in [0.2, 0.25) is 5.91 Å². The fourth-order valence-electron chi connectivity index (χ4n) is 2.92. The molecule has 0 unspecified atom stereocenters. The van der Waals surface area contributed by atoms with E-state index in [4.69, 9.17) is 9.47 Å². The Balaban J connectivity index is 1.41. The number of amides is 2. The van der Waals surface area contributed by atoms with Crippen molar-refractivity contribution in [3.8, 4) is 11.5 Å². The summed E-state index contributed by atoms with van der Waals surface area (Å²) < 4.78 is 11.3. The number of ether oxygens (including phenoxy) is 2. The number of hydrogen-bond acceptors (Lipinski definition) is 4. The lowest BCUT2D eigenvalue weighted by Gasteiger charge is -2.17. The lowest BCUT2D eigenvalue weighted by atomic mass is 10.0. The third-order valence-electron chi connectivity index (χ3n) is 4.51. The van der Waals surface area contributed by atoms with Crippen LogP contribution in [0.5, 0.6) is 11.5 Å². The zero-order valence-corrected chi connectivity index (χ0v) is 16.1. The van der Waals surface area contributed by atoms with Gasteiger partial charge >= 0.3 is 0 Å². The largest absolute Gasteiger partial charge is 0.494 e. The molecular formula is C22H26N2O4. The summed E-state index contributed by atoms with van der Waals surface area (Å²) in [6, 6.07) is 12.8. The summed E-state index contributed by atoms with van der Waals surface area (Å²) in [5.74, 6) is 1.41. The van der Waals surface area contributed by atoms with E-state index in [1.54, 1.807) is 12.1 Å². The maximum Gasteiger partial charge on any atom is 0.251 e. The predicted octanol–water partition coefficient (Wildman–Crippen LogP) is 3.56. The Morgan fingerprint density at radius 3 is 2.57 bits per heavy atom. The molecule has 2 N–H and O–H groups in total. The number of carbonyl (C=O) groups is 2. The maximum atomic E-state index is 12.2. The number of aryl methyl sites for hydroxylation is 1. The van der Waals surface area contributed by atoms with Crippen LogP contribution in [-0.4, -0.2) is 31.6 Å². The van der Waals surface area contributed by atoms with Crippen LogP contribution in [0, 0.1) is 0 Å². The molecule has 1 aliphatic rings. The van der Waals surface area contributed by atoms with Crippen molar-refractivity contribution in [2.24, 2.45) is 0 Å². The summed E-state index contributed by atoms with van der Waals surface area (Å²) in [6.45, 7) is 3.58. The number of fused-ring (bicyclic) bond motifs is 1. The van der Waals surface area contributed by atoms with Gasteiger partial charge in [0.05, 0.1) is 13.2 Å². The molecule has 3 rings (SSSR count). The summed E-state index contributed by atoms with van der Waals surface area (Å²) in [5.41, 5.74) is 2.51. The number of hydrogen-bond donors (Lipinski definition) is 2. The first kappa shape index (κ1) is 19.7. The summed E-state index contributed by atoms with van der Waals surface area (Å²) in [4.78, 5) is 23.6. The average Bonchev–Trinajstić information content (AvgIpc) is 2.72. The molecule has 28 heavy (non-hydrogen) atoms. The van der Waals surface area contributed by atoms with Crippen LogP contribution in [0.1, 0.15) is 42.1 Å². The summed E-state index contributed by atoms with van der Waals surface area (Å²) in [5, 5.41) is 5.69. The first-order valence-corrected chi connectivity index (χ1v) is 9.72. The topological polar surface area (TPSA) is 76.7 Å². The zero-order valence-electron chi connectivity index (χ0n) is 16.1. The molecule has 0 atom stereocenters. The van der Waals surface area contributed by atoms with E-state index in [1.165, 1.54) is 0 Å². The van der Waals surface area contributed by atoms with Gasteiger partial charge in [0.15, 0.2) is 0 Å². The molecule has 2 amide bonds. The van der Waals surface area contributed by atoms with E-state index in [0.29, 0.717) is 38.2 Å². The normalized spacial score (nSPS) is 12.7. The monoisotopic (exact) mass is 382 g/mol. The van der Waals surface area contributed by atoms with Crippen LogP contribution >= 0.6 is 0 Å². The second-order valence-corrected chi connectivity index (χ2v) is 6.70. The highest BCUT2D eigenvalue weighted by atomic mass is 16.5. The molecule has 0 aromatic heterocycles. The van der Waals surface area contributed by atoms with Gasteiger partial charge < -0.3 is 20.1 Å². The summed E-state index contributed by atoms with van der Waals surface area (Å²) in [6.07, 6.45) is 3.31. The van der Waals surface area contributed by atoms with Crippen molar-refractivity contribution in [2.45, 2.75) is 32.6 Å². The first-order valence-electron chi connectivity index (χ1n) is 9.72. The Kier molecular flexibility index (Phi) is 6.89. The van der Waals surface area contributed by atoms with Gasteiger partial charge in [0.1, 0.15) is 18.1 Å². The van der Waals surface area contributed by atoms with Crippen molar-refractivity contribution in [3.63, 3.8) is 0 Å². The Labute approximate surface area is 165 Å². The molecule has 2 aromatic rings. The van der Waals surface area contributed by atoms with Crippen molar-refractivity contribution in [2.75, 3.05) is 25.1 Å². The standard InChI is InChI=1S/C22H26N2O4/c1-2-3-13-27-18-7-4-16(5-8-18)22(26)23-12-14-28-19-9-10-20-17(15-19)6-11-21(25)24-20/h4-5,7-10,15H,2-3,6,11-14H2,1H3,(H,23,26)(H,24,25). The summed E-state index contributed by atoms with van der Waals surface area (Å²) in [7, 11) is 0. The molecule has 0 fully saturated rings. The molecule has 0 saturated carbocycles. The third kappa shape index (κ3) is 5.49. The molecule has 0 bridgehead atoms. The molecule has 1 aliphatic heterocycles. The maximum absolute atomic E-state index is 12.2. The van der Waals surface area contributed by atoms with Gasteiger partial charge in [0.25, 0.3) is 5.91 Å². The Hall–Kier alpha value is -3.02. The quantitative estimate of drug-likeness (QED) is 0.650. The van der Waals surface area contributed by atoms with E-state index >= 15 is 0 Å². The fourth-order valence-corrected chi connectivity index (χ4v) is 2.92. The second-order valence-electron chi connectivity index (χ2n) is 6.70. The number of benzene rings is 2. The molecule has 0 aliphatic carbocycles. The minimum Gasteiger partial charge on any atom is -0.494 e. The Bertz CT molecular complexity index is 818. The van der Waals surface area contributed by atoms with Crippen LogP contribution in [0.3, 0.4) is 0 Å². The van der Waals surface area contributed by atoms with Gasteiger partial charge in [0, 0.05) is 17.7 Å². The Morgan fingerprint density at radius 1 is 1.04 bits per heavy atom. The molecule has 6 nitrogen and oxygen atoms in total. The van der Waals surface area contributed by atoms with Crippen LogP contribution in [-0.2, 0) is 11.2 Å². The van der Waals surface area contributed by atoms with Crippen LogP contribution < -0.4 is 20.1 Å². The number of nitrogens with one attached hydrogen (secondary N) is 2. The SMILES string of the molecule is CCCCOc1ccc(C(=O)NCCOc2ccc3c(c2)CCC(=O)N3)cc1. The number of anilines is 1. The summed E-state index contributed by atoms with van der Waals surface area (Å²) >= 11 is 0. The number of carbonyl (C=O) groups excluding carboxylic acids is 2. The number of rotatable bonds is 9. The van der Waals surface area contributed by atoms with Crippen molar-refractivity contribution >= 4 is 17.5 Å². The zero-order chi connectivity index (χ0) is 19.8. The van der Waals surface area contributed by atoms with E-state index in [2.05, 4.69) is 17.6 Å². The van der Waals surface area contributed by atoms with Crippen molar-refractivity contribution in [1.82, 2.24) is 5.32 Å². The Morgan fingerprint density at radius 2 is 1.79 bits per heavy atom. The van der Waals surface area contributed by atoms with Gasteiger partial charge in [-0.05, 0) is 60.9 Å². The minimum absolute atomic E-state index is 0.0458. The molecule has 148 valence electrons. The van der Waals surface area contributed by atoms with E-state index < -0.39 is 0 Å². The minimum atomic E-state index is -0.142. The highest BCUT2D eigenvalue weighted by molar-refractivity contribution is 5.94. The van der Waals surface area contributed by atoms with Gasteiger partial charge in [-0.25, -0.2) is 0 Å². The van der Waals surface area contributed by atoms with Crippen LogP contribution in [0.15, 0.2) is 42.5 Å². The third-order valence-corrected chi connectivity index (χ3v) is 4.51. The van der Waals surface area contributed by atoms with E-state index in [9.17, 15) is 9.59 Å². The van der Waals surface area contributed by atoms with Gasteiger partial charge in [-0.3, -0.25) is 9.59 Å². The van der Waals surface area contributed by atoms with Crippen molar-refractivity contribution in [3.05, 3.63) is 53.6 Å². The van der Waals surface area contributed by atoms with Gasteiger partial charge in [-0.1, -0.05) is 13.3 Å². The van der Waals surface area contributed by atoms with Crippen molar-refractivity contribution < 1.29 is 19.1 Å². The highest BCUT2D eigenvalue weighted by Gasteiger charge is 2.15. The van der Waals surface area contributed by atoms with Crippen LogP contribution in [0.25, 0.3) is 0 Å². The van der Waals surface area contributed by atoms with Crippen LogP contribution in [0.2, 0.25) is 0 Å². The molecule has 0 radical (unpaired) electrons. The fraction of sp³-hybridized carbons (Fsp3) is 0.364. The molecule has 0 saturated heterocycles. The smallest absolute Gasteiger partial charge is 0.251 e. The lowest BCUT2D eigenvalue weighted by molar-refractivity contribution is -0.116. The molecule has 6 heteroatoms. The highest BCUT2D eigenvalue weighted by Crippen LogP contribution is 2.26. The van der Waals surface area contributed by atoms with Crippen LogP contribution in [0.4, 0.5) is 5.69 Å². The molecule has 1 heterocycles. The predicted molar refractivity (Wildman–Crippen MR) is 108 cm³/mol. The van der Waals surface area contributed by atoms with E-state index in [0.717, 1.165) is 35.6 Å². The van der Waals surface area contributed by atoms with Crippen molar-refractivity contribution in [1.29, 1.82) is 0 Å². The van der Waals surface area contributed by atoms with Gasteiger partial charge in [-0.15, -0.1) is 0 Å². The average molecular weight is 382 g/mol. The van der Waals surface area contributed by atoms with E-state index in [1.807, 2.05) is 30.3 Å².